The SMILES string of the molecule is C=C(Cl)CN1CCC(=O)N2CCCCC2C1=O. The molecule has 2 fully saturated rings. The van der Waals surface area contributed by atoms with E-state index in [0.717, 1.165) is 19.3 Å². The quantitative estimate of drug-likeness (QED) is 0.748. The first kappa shape index (κ1) is 12.4. The average Bonchev–Trinajstić information content (AvgIpc) is 2.42. The molecule has 2 amide bonds. The van der Waals surface area contributed by atoms with E-state index in [4.69, 9.17) is 11.6 Å². The molecule has 0 bridgehead atoms. The monoisotopic (exact) mass is 256 g/mol. The first-order valence-electron chi connectivity index (χ1n) is 6.01. The lowest BCUT2D eigenvalue weighted by Gasteiger charge is -2.34. The maximum atomic E-state index is 12.3. The Morgan fingerprint density at radius 1 is 1.35 bits per heavy atom. The van der Waals surface area contributed by atoms with Crippen molar-refractivity contribution in [1.82, 2.24) is 9.80 Å². The fraction of sp³-hybridized carbons (Fsp3) is 0.667. The Balaban J connectivity index is 2.17. The maximum absolute atomic E-state index is 12.3. The smallest absolute Gasteiger partial charge is 0.245 e. The number of rotatable bonds is 2. The van der Waals surface area contributed by atoms with Gasteiger partial charge in [-0.05, 0) is 19.3 Å². The van der Waals surface area contributed by atoms with E-state index in [1.165, 1.54) is 0 Å². The lowest BCUT2D eigenvalue weighted by molar-refractivity contribution is -0.142. The molecule has 2 aliphatic rings. The number of hydrogen-bond donors (Lipinski definition) is 0. The maximum Gasteiger partial charge on any atom is 0.245 e. The second-order valence-corrected chi connectivity index (χ2v) is 5.16. The molecule has 2 heterocycles. The molecule has 17 heavy (non-hydrogen) atoms. The van der Waals surface area contributed by atoms with Gasteiger partial charge in [0, 0.05) is 24.5 Å². The van der Waals surface area contributed by atoms with Crippen LogP contribution in [0.2, 0.25) is 0 Å². The van der Waals surface area contributed by atoms with Gasteiger partial charge < -0.3 is 9.80 Å². The van der Waals surface area contributed by atoms with E-state index < -0.39 is 0 Å². The van der Waals surface area contributed by atoms with Gasteiger partial charge in [-0.1, -0.05) is 18.2 Å². The lowest BCUT2D eigenvalue weighted by atomic mass is 10.0. The molecule has 2 saturated heterocycles. The molecule has 2 aliphatic heterocycles. The summed E-state index contributed by atoms with van der Waals surface area (Å²) in [4.78, 5) is 27.6. The molecular formula is C12H17ClN2O2. The minimum absolute atomic E-state index is 0.0253. The summed E-state index contributed by atoms with van der Waals surface area (Å²) in [6, 6.07) is -0.269. The molecule has 4 nitrogen and oxygen atoms in total. The van der Waals surface area contributed by atoms with Crippen LogP contribution in [0.4, 0.5) is 0 Å². The fourth-order valence-electron chi connectivity index (χ4n) is 2.55. The highest BCUT2D eigenvalue weighted by Crippen LogP contribution is 2.23. The normalized spacial score (nSPS) is 25.6. The van der Waals surface area contributed by atoms with Crippen LogP contribution in [0.5, 0.6) is 0 Å². The molecule has 0 aromatic rings. The number of piperidine rings is 1. The largest absolute Gasteiger partial charge is 0.335 e. The minimum atomic E-state index is -0.269. The zero-order chi connectivity index (χ0) is 12.4. The van der Waals surface area contributed by atoms with Crippen LogP contribution in [0.3, 0.4) is 0 Å². The van der Waals surface area contributed by atoms with Crippen molar-refractivity contribution in [1.29, 1.82) is 0 Å². The number of carbonyl (C=O) groups is 2. The molecule has 1 atom stereocenters. The molecule has 0 aromatic heterocycles. The number of nitrogens with zero attached hydrogens (tertiary/aromatic N) is 2. The van der Waals surface area contributed by atoms with Crippen LogP contribution in [-0.4, -0.2) is 47.3 Å². The summed E-state index contributed by atoms with van der Waals surface area (Å²) in [5.74, 6) is 0.114. The van der Waals surface area contributed by atoms with Crippen LogP contribution < -0.4 is 0 Å². The molecule has 0 aliphatic carbocycles. The Kier molecular flexibility index (Phi) is 3.72. The molecule has 0 N–H and O–H groups in total. The highest BCUT2D eigenvalue weighted by Gasteiger charge is 2.37. The van der Waals surface area contributed by atoms with Crippen molar-refractivity contribution in [2.75, 3.05) is 19.6 Å². The predicted molar refractivity (Wildman–Crippen MR) is 65.5 cm³/mol. The lowest BCUT2D eigenvalue weighted by Crippen LogP contribution is -2.49. The predicted octanol–water partition coefficient (Wildman–Crippen LogP) is 1.35. The van der Waals surface area contributed by atoms with Crippen molar-refractivity contribution in [2.45, 2.75) is 31.7 Å². The molecule has 0 saturated carbocycles. The summed E-state index contributed by atoms with van der Waals surface area (Å²) in [6.07, 6.45) is 3.18. The number of fused-ring (bicyclic) bond motifs is 1. The van der Waals surface area contributed by atoms with Gasteiger partial charge in [-0.3, -0.25) is 9.59 Å². The highest BCUT2D eigenvalue weighted by atomic mass is 35.5. The van der Waals surface area contributed by atoms with Gasteiger partial charge in [0.15, 0.2) is 0 Å². The van der Waals surface area contributed by atoms with Gasteiger partial charge in [0.25, 0.3) is 0 Å². The summed E-state index contributed by atoms with van der Waals surface area (Å²) in [7, 11) is 0. The zero-order valence-corrected chi connectivity index (χ0v) is 10.6. The Morgan fingerprint density at radius 2 is 2.12 bits per heavy atom. The summed E-state index contributed by atoms with van der Waals surface area (Å²) in [5, 5.41) is 0.440. The fourth-order valence-corrected chi connectivity index (χ4v) is 2.69. The molecule has 94 valence electrons. The second-order valence-electron chi connectivity index (χ2n) is 4.63. The standard InChI is InChI=1S/C12H17ClN2O2/c1-9(13)8-14-7-5-11(16)15-6-3-2-4-10(15)12(14)17/h10H,1-8H2. The minimum Gasteiger partial charge on any atom is -0.335 e. The Bertz CT molecular complexity index is 356. The van der Waals surface area contributed by atoms with E-state index in [2.05, 4.69) is 6.58 Å². The Morgan fingerprint density at radius 3 is 2.82 bits per heavy atom. The van der Waals surface area contributed by atoms with Gasteiger partial charge in [-0.2, -0.15) is 0 Å². The van der Waals surface area contributed by atoms with E-state index >= 15 is 0 Å². The van der Waals surface area contributed by atoms with Crippen molar-refractivity contribution < 1.29 is 9.59 Å². The third kappa shape index (κ3) is 2.63. The van der Waals surface area contributed by atoms with E-state index in [-0.39, 0.29) is 17.9 Å². The summed E-state index contributed by atoms with van der Waals surface area (Å²) in [5.41, 5.74) is 0. The second kappa shape index (κ2) is 5.08. The Labute approximate surface area is 106 Å². The van der Waals surface area contributed by atoms with E-state index in [9.17, 15) is 9.59 Å². The van der Waals surface area contributed by atoms with Gasteiger partial charge in [0.05, 0.1) is 6.54 Å². The molecule has 5 heteroatoms. The average molecular weight is 257 g/mol. The summed E-state index contributed by atoms with van der Waals surface area (Å²) in [6.45, 7) is 5.12. The molecule has 0 spiro atoms. The van der Waals surface area contributed by atoms with Crippen molar-refractivity contribution in [3.8, 4) is 0 Å². The van der Waals surface area contributed by atoms with Crippen LogP contribution in [0.1, 0.15) is 25.7 Å². The third-order valence-corrected chi connectivity index (χ3v) is 3.50. The number of carbonyl (C=O) groups excluding carboxylic acids is 2. The van der Waals surface area contributed by atoms with Crippen molar-refractivity contribution in [2.24, 2.45) is 0 Å². The molecular weight excluding hydrogens is 240 g/mol. The van der Waals surface area contributed by atoms with Crippen molar-refractivity contribution >= 4 is 23.4 Å². The molecule has 0 radical (unpaired) electrons. The topological polar surface area (TPSA) is 40.6 Å². The Hall–Kier alpha value is -1.03. The summed E-state index contributed by atoms with van der Waals surface area (Å²) >= 11 is 5.75. The molecule has 0 aromatic carbocycles. The highest BCUT2D eigenvalue weighted by molar-refractivity contribution is 6.29. The van der Waals surface area contributed by atoms with Gasteiger partial charge >= 0.3 is 0 Å². The number of halogens is 1. The van der Waals surface area contributed by atoms with Crippen molar-refractivity contribution in [3.63, 3.8) is 0 Å². The van der Waals surface area contributed by atoms with Gasteiger partial charge in [0.1, 0.15) is 6.04 Å². The van der Waals surface area contributed by atoms with Crippen LogP contribution in [0, 0.1) is 0 Å². The number of hydrogen-bond acceptors (Lipinski definition) is 2. The zero-order valence-electron chi connectivity index (χ0n) is 9.82. The first-order chi connectivity index (χ1) is 8.09. The van der Waals surface area contributed by atoms with Crippen LogP contribution in [0.15, 0.2) is 11.6 Å². The number of amides is 2. The molecule has 1 unspecified atom stereocenters. The molecule has 2 rings (SSSR count). The van der Waals surface area contributed by atoms with Crippen molar-refractivity contribution in [3.05, 3.63) is 11.6 Å². The summed E-state index contributed by atoms with van der Waals surface area (Å²) < 4.78 is 0. The van der Waals surface area contributed by atoms with E-state index in [1.54, 1.807) is 9.80 Å². The third-order valence-electron chi connectivity index (χ3n) is 3.38. The van der Waals surface area contributed by atoms with Crippen LogP contribution in [-0.2, 0) is 9.59 Å². The van der Waals surface area contributed by atoms with Crippen LogP contribution >= 0.6 is 11.6 Å². The van der Waals surface area contributed by atoms with Gasteiger partial charge in [-0.25, -0.2) is 0 Å². The van der Waals surface area contributed by atoms with Gasteiger partial charge in [0.2, 0.25) is 11.8 Å². The van der Waals surface area contributed by atoms with Gasteiger partial charge in [-0.15, -0.1) is 0 Å². The first-order valence-corrected chi connectivity index (χ1v) is 6.39. The van der Waals surface area contributed by atoms with E-state index in [1.807, 2.05) is 0 Å². The van der Waals surface area contributed by atoms with E-state index in [0.29, 0.717) is 31.1 Å². The van der Waals surface area contributed by atoms with Crippen LogP contribution in [0.25, 0.3) is 0 Å².